The zero-order valence-corrected chi connectivity index (χ0v) is 17.7. The number of carbonyl (C=O) groups excluding carboxylic acids is 1. The molecule has 0 spiro atoms. The second-order valence-electron chi connectivity index (χ2n) is 8.07. The molecule has 3 aromatic rings. The van der Waals surface area contributed by atoms with Gasteiger partial charge in [-0.25, -0.2) is 4.79 Å². The van der Waals surface area contributed by atoms with Gasteiger partial charge in [-0.3, -0.25) is 9.80 Å². The van der Waals surface area contributed by atoms with Gasteiger partial charge in [-0.15, -0.1) is 0 Å². The first-order valence-electron chi connectivity index (χ1n) is 10.5. The number of halogens is 1. The SMILES string of the molecule is O=C(Nc1ccccc1)N1C[C@@H]2[C@H](c3ccccc31)[C@H](CO)N2Cc1ccccc1Cl. The van der Waals surface area contributed by atoms with Crippen molar-refractivity contribution < 1.29 is 9.90 Å². The molecule has 2 aliphatic heterocycles. The van der Waals surface area contributed by atoms with Crippen LogP contribution in [0.25, 0.3) is 0 Å². The van der Waals surface area contributed by atoms with E-state index in [0.717, 1.165) is 27.5 Å². The molecule has 0 unspecified atom stereocenters. The van der Waals surface area contributed by atoms with Gasteiger partial charge in [-0.05, 0) is 35.4 Å². The Morgan fingerprint density at radius 2 is 1.71 bits per heavy atom. The standard InChI is InChI=1S/C25H24ClN3O2/c26-20-12-6-4-8-17(20)14-28-22-15-29(25(31)27-18-9-2-1-3-10-18)21-13-7-5-11-19(21)24(22)23(28)16-30/h1-13,22-24,30H,14-16H2,(H,27,31)/t22-,23+,24+/m1/s1. The quantitative estimate of drug-likeness (QED) is 0.625. The van der Waals surface area contributed by atoms with Crippen LogP contribution in [-0.2, 0) is 6.54 Å². The van der Waals surface area contributed by atoms with Crippen molar-refractivity contribution in [3.63, 3.8) is 0 Å². The normalized spacial score (nSPS) is 22.3. The molecule has 0 aromatic heterocycles. The van der Waals surface area contributed by atoms with Gasteiger partial charge in [0.1, 0.15) is 0 Å². The lowest BCUT2D eigenvalue weighted by Crippen LogP contribution is -2.69. The van der Waals surface area contributed by atoms with Crippen molar-refractivity contribution in [3.8, 4) is 0 Å². The third-order valence-electron chi connectivity index (χ3n) is 6.41. The fourth-order valence-corrected chi connectivity index (χ4v) is 5.12. The zero-order chi connectivity index (χ0) is 21.4. The fourth-order valence-electron chi connectivity index (χ4n) is 4.93. The van der Waals surface area contributed by atoms with E-state index in [1.54, 1.807) is 0 Å². The third kappa shape index (κ3) is 3.59. The van der Waals surface area contributed by atoms with E-state index in [2.05, 4.69) is 16.3 Å². The van der Waals surface area contributed by atoms with Crippen molar-refractivity contribution in [1.82, 2.24) is 4.90 Å². The molecule has 2 N–H and O–H groups in total. The number of fused-ring (bicyclic) bond motifs is 3. The molecule has 31 heavy (non-hydrogen) atoms. The minimum absolute atomic E-state index is 0.00163. The molecule has 3 aromatic carbocycles. The molecule has 1 fully saturated rings. The van der Waals surface area contributed by atoms with Crippen LogP contribution in [0.4, 0.5) is 16.2 Å². The predicted molar refractivity (Wildman–Crippen MR) is 124 cm³/mol. The molecule has 0 radical (unpaired) electrons. The molecule has 2 aliphatic rings. The number of aliphatic hydroxyl groups excluding tert-OH is 1. The summed E-state index contributed by atoms with van der Waals surface area (Å²) in [6.07, 6.45) is 0. The van der Waals surface area contributed by atoms with Gasteiger partial charge in [0, 0.05) is 47.5 Å². The number of benzene rings is 3. The number of carbonyl (C=O) groups is 1. The Labute approximate surface area is 186 Å². The van der Waals surface area contributed by atoms with Gasteiger partial charge in [-0.2, -0.15) is 0 Å². The average molecular weight is 434 g/mol. The number of amides is 2. The van der Waals surface area contributed by atoms with Crippen molar-refractivity contribution in [2.45, 2.75) is 24.5 Å². The molecular weight excluding hydrogens is 410 g/mol. The second kappa shape index (κ2) is 8.35. The van der Waals surface area contributed by atoms with Crippen LogP contribution in [0.2, 0.25) is 5.02 Å². The maximum Gasteiger partial charge on any atom is 0.326 e. The van der Waals surface area contributed by atoms with E-state index in [4.69, 9.17) is 11.6 Å². The summed E-state index contributed by atoms with van der Waals surface area (Å²) in [7, 11) is 0. The molecular formula is C25H24ClN3O2. The number of nitrogens with zero attached hydrogens (tertiary/aromatic N) is 2. The molecule has 6 heteroatoms. The van der Waals surface area contributed by atoms with Crippen LogP contribution in [0, 0.1) is 0 Å². The van der Waals surface area contributed by atoms with Gasteiger partial charge in [0.05, 0.1) is 6.61 Å². The minimum Gasteiger partial charge on any atom is -0.395 e. The Morgan fingerprint density at radius 1 is 1.00 bits per heavy atom. The molecule has 0 aliphatic carbocycles. The molecule has 2 heterocycles. The number of aliphatic hydroxyl groups is 1. The maximum atomic E-state index is 13.2. The van der Waals surface area contributed by atoms with Gasteiger partial charge >= 0.3 is 6.03 Å². The van der Waals surface area contributed by atoms with Gasteiger partial charge in [-0.1, -0.05) is 66.2 Å². The van der Waals surface area contributed by atoms with Crippen LogP contribution in [0.1, 0.15) is 17.0 Å². The lowest BCUT2D eigenvalue weighted by atomic mass is 9.72. The molecule has 3 atom stereocenters. The summed E-state index contributed by atoms with van der Waals surface area (Å²) in [5.41, 5.74) is 3.81. The highest BCUT2D eigenvalue weighted by Gasteiger charge is 2.53. The summed E-state index contributed by atoms with van der Waals surface area (Å²) in [6, 6.07) is 25.3. The summed E-state index contributed by atoms with van der Waals surface area (Å²) >= 11 is 6.40. The average Bonchev–Trinajstić information content (AvgIpc) is 2.79. The summed E-state index contributed by atoms with van der Waals surface area (Å²) in [5, 5.41) is 13.9. The van der Waals surface area contributed by atoms with Gasteiger partial charge in [0.25, 0.3) is 0 Å². The van der Waals surface area contributed by atoms with Crippen LogP contribution in [0.3, 0.4) is 0 Å². The molecule has 158 valence electrons. The van der Waals surface area contributed by atoms with Crippen LogP contribution in [0.5, 0.6) is 0 Å². The molecule has 1 saturated heterocycles. The van der Waals surface area contributed by atoms with E-state index < -0.39 is 0 Å². The Hall–Kier alpha value is -2.86. The Kier molecular flexibility index (Phi) is 5.40. The lowest BCUT2D eigenvalue weighted by molar-refractivity contribution is -0.0484. The Morgan fingerprint density at radius 3 is 2.48 bits per heavy atom. The summed E-state index contributed by atoms with van der Waals surface area (Å²) in [5.74, 6) is 0.185. The summed E-state index contributed by atoms with van der Waals surface area (Å²) < 4.78 is 0. The number of nitrogens with one attached hydrogen (secondary N) is 1. The Bertz CT molecular complexity index is 1090. The second-order valence-corrected chi connectivity index (χ2v) is 8.48. The predicted octanol–water partition coefficient (Wildman–Crippen LogP) is 4.72. The third-order valence-corrected chi connectivity index (χ3v) is 6.77. The van der Waals surface area contributed by atoms with Gasteiger partial charge in [0.15, 0.2) is 0 Å². The van der Waals surface area contributed by atoms with E-state index in [1.165, 1.54) is 0 Å². The first-order valence-corrected chi connectivity index (χ1v) is 10.9. The van der Waals surface area contributed by atoms with Crippen molar-refractivity contribution in [2.75, 3.05) is 23.4 Å². The molecule has 5 nitrogen and oxygen atoms in total. The lowest BCUT2D eigenvalue weighted by Gasteiger charge is -2.59. The van der Waals surface area contributed by atoms with Crippen molar-refractivity contribution in [1.29, 1.82) is 0 Å². The largest absolute Gasteiger partial charge is 0.395 e. The number of anilines is 2. The van der Waals surface area contributed by atoms with Crippen LogP contribution in [-0.4, -0.2) is 41.3 Å². The van der Waals surface area contributed by atoms with Gasteiger partial charge < -0.3 is 10.4 Å². The Balaban J connectivity index is 1.45. The fraction of sp³-hybridized carbons (Fsp3) is 0.240. The number of urea groups is 1. The maximum absolute atomic E-state index is 13.2. The van der Waals surface area contributed by atoms with E-state index in [9.17, 15) is 9.90 Å². The van der Waals surface area contributed by atoms with Crippen molar-refractivity contribution in [3.05, 3.63) is 95.0 Å². The highest BCUT2D eigenvalue weighted by molar-refractivity contribution is 6.31. The smallest absolute Gasteiger partial charge is 0.326 e. The van der Waals surface area contributed by atoms with E-state index in [0.29, 0.717) is 13.1 Å². The van der Waals surface area contributed by atoms with Crippen molar-refractivity contribution >= 4 is 29.0 Å². The molecule has 5 rings (SSSR count). The van der Waals surface area contributed by atoms with Crippen LogP contribution >= 0.6 is 11.6 Å². The van der Waals surface area contributed by atoms with E-state index in [1.807, 2.05) is 77.7 Å². The minimum atomic E-state index is -0.151. The highest BCUT2D eigenvalue weighted by Crippen LogP contribution is 2.49. The van der Waals surface area contributed by atoms with Crippen molar-refractivity contribution in [2.24, 2.45) is 0 Å². The number of hydrogen-bond donors (Lipinski definition) is 2. The van der Waals surface area contributed by atoms with Crippen LogP contribution in [0.15, 0.2) is 78.9 Å². The number of rotatable bonds is 4. The zero-order valence-electron chi connectivity index (χ0n) is 17.0. The molecule has 2 amide bonds. The highest BCUT2D eigenvalue weighted by atomic mass is 35.5. The monoisotopic (exact) mass is 433 g/mol. The van der Waals surface area contributed by atoms with Gasteiger partial charge in [0.2, 0.25) is 0 Å². The number of likely N-dealkylation sites (tertiary alicyclic amines) is 1. The van der Waals surface area contributed by atoms with E-state index in [-0.39, 0.29) is 30.6 Å². The van der Waals surface area contributed by atoms with E-state index >= 15 is 0 Å². The van der Waals surface area contributed by atoms with Crippen LogP contribution < -0.4 is 10.2 Å². The summed E-state index contributed by atoms with van der Waals surface area (Å²) in [4.78, 5) is 17.3. The number of para-hydroxylation sites is 2. The topological polar surface area (TPSA) is 55.8 Å². The first-order chi connectivity index (χ1) is 15.2. The summed E-state index contributed by atoms with van der Waals surface area (Å²) in [6.45, 7) is 1.26. The molecule has 0 saturated carbocycles. The molecule has 0 bridgehead atoms. The number of hydrogen-bond acceptors (Lipinski definition) is 3. The first kappa shape index (κ1) is 20.1.